The number of ether oxygens (including phenoxy) is 1. The smallest absolute Gasteiger partial charge is 0.231 e. The average molecular weight is 252 g/mol. The van der Waals surface area contributed by atoms with Gasteiger partial charge in [-0.15, -0.1) is 0 Å². The normalized spacial score (nSPS) is 9.92. The van der Waals surface area contributed by atoms with E-state index < -0.39 is 0 Å². The fourth-order valence-corrected chi connectivity index (χ4v) is 1.24. The number of nitrogens with two attached hydrogens (primary N) is 1. The molecule has 5 heteroatoms. The maximum atomic E-state index is 5.67. The lowest BCUT2D eigenvalue weighted by atomic mass is 10.4. The van der Waals surface area contributed by atoms with Gasteiger partial charge in [0.2, 0.25) is 5.88 Å². The summed E-state index contributed by atoms with van der Waals surface area (Å²) in [6, 6.07) is 1.56. The molecule has 0 aliphatic carbocycles. The summed E-state index contributed by atoms with van der Waals surface area (Å²) in [5, 5.41) is 0.333. The number of pyridine rings is 1. The third-order valence-corrected chi connectivity index (χ3v) is 2.20. The van der Waals surface area contributed by atoms with Gasteiger partial charge in [-0.2, -0.15) is 0 Å². The van der Waals surface area contributed by atoms with Gasteiger partial charge >= 0.3 is 0 Å². The first kappa shape index (κ1) is 9.61. The first-order valence-corrected chi connectivity index (χ1v) is 4.56. The van der Waals surface area contributed by atoms with Gasteiger partial charge in [0.1, 0.15) is 9.63 Å². The van der Waals surface area contributed by atoms with Crippen LogP contribution in [-0.2, 0) is 0 Å². The van der Waals surface area contributed by atoms with Gasteiger partial charge in [-0.25, -0.2) is 4.98 Å². The van der Waals surface area contributed by atoms with Gasteiger partial charge in [-0.3, -0.25) is 0 Å². The predicted molar refractivity (Wildman–Crippen MR) is 52.5 cm³/mol. The number of hydrogen-bond donors (Lipinski definition) is 1. The number of nitrogen functional groups attached to an aromatic ring is 1. The Morgan fingerprint density at radius 1 is 1.75 bits per heavy atom. The van der Waals surface area contributed by atoms with Crippen LogP contribution in [0.3, 0.4) is 0 Å². The Hall–Kier alpha value is -0.480. The van der Waals surface area contributed by atoms with Crippen molar-refractivity contribution in [3.63, 3.8) is 0 Å². The fraction of sp³-hybridized carbons (Fsp3) is 0.286. The first-order chi connectivity index (χ1) is 5.65. The number of anilines is 1. The van der Waals surface area contributed by atoms with Crippen molar-refractivity contribution in [1.82, 2.24) is 4.98 Å². The standard InChI is InChI=1S/C7H8BrClN2O/c1-2-12-7-6(8)4(10)3-5(9)11-7/h3H,2H2,1H3,(H2,10,11). The molecule has 0 bridgehead atoms. The molecule has 0 amide bonds. The molecule has 1 heterocycles. The zero-order valence-electron chi connectivity index (χ0n) is 6.47. The van der Waals surface area contributed by atoms with E-state index in [-0.39, 0.29) is 0 Å². The molecule has 0 fully saturated rings. The molecule has 0 saturated heterocycles. The second kappa shape index (κ2) is 3.96. The number of rotatable bonds is 2. The maximum absolute atomic E-state index is 5.67. The molecular formula is C7H8BrClN2O. The van der Waals surface area contributed by atoms with Crippen molar-refractivity contribution < 1.29 is 4.74 Å². The van der Waals surface area contributed by atoms with E-state index in [9.17, 15) is 0 Å². The highest BCUT2D eigenvalue weighted by Crippen LogP contribution is 2.30. The van der Waals surface area contributed by atoms with Crippen LogP contribution in [0.1, 0.15) is 6.92 Å². The summed E-state index contributed by atoms with van der Waals surface area (Å²) in [5.41, 5.74) is 6.13. The second-order valence-corrected chi connectivity index (χ2v) is 3.27. The van der Waals surface area contributed by atoms with E-state index in [1.807, 2.05) is 6.92 Å². The van der Waals surface area contributed by atoms with Gasteiger partial charge in [-0.1, -0.05) is 11.6 Å². The van der Waals surface area contributed by atoms with Crippen LogP contribution >= 0.6 is 27.5 Å². The van der Waals surface area contributed by atoms with Crippen molar-refractivity contribution in [3.05, 3.63) is 15.7 Å². The Bertz CT molecular complexity index is 293. The van der Waals surface area contributed by atoms with Gasteiger partial charge in [0.05, 0.1) is 12.3 Å². The van der Waals surface area contributed by atoms with Crippen LogP contribution in [0.2, 0.25) is 5.15 Å². The number of halogens is 2. The monoisotopic (exact) mass is 250 g/mol. The Labute approximate surface area is 84.0 Å². The summed E-state index contributed by atoms with van der Waals surface area (Å²) in [5.74, 6) is 0.433. The zero-order chi connectivity index (χ0) is 9.14. The largest absolute Gasteiger partial charge is 0.477 e. The topological polar surface area (TPSA) is 48.1 Å². The molecule has 2 N–H and O–H groups in total. The second-order valence-electron chi connectivity index (χ2n) is 2.09. The van der Waals surface area contributed by atoms with Crippen LogP contribution in [0.25, 0.3) is 0 Å². The maximum Gasteiger partial charge on any atom is 0.231 e. The Morgan fingerprint density at radius 3 is 3.00 bits per heavy atom. The first-order valence-electron chi connectivity index (χ1n) is 3.39. The highest BCUT2D eigenvalue weighted by atomic mass is 79.9. The molecule has 1 aromatic rings. The Balaban J connectivity index is 3.09. The summed E-state index contributed by atoms with van der Waals surface area (Å²) < 4.78 is 5.82. The van der Waals surface area contributed by atoms with E-state index in [0.29, 0.717) is 27.8 Å². The van der Waals surface area contributed by atoms with E-state index in [2.05, 4.69) is 20.9 Å². The summed E-state index contributed by atoms with van der Waals surface area (Å²) in [6.45, 7) is 2.40. The van der Waals surface area contributed by atoms with Crippen LogP contribution in [-0.4, -0.2) is 11.6 Å². The molecule has 0 unspecified atom stereocenters. The lowest BCUT2D eigenvalue weighted by Crippen LogP contribution is -1.98. The van der Waals surface area contributed by atoms with E-state index in [1.165, 1.54) is 0 Å². The minimum absolute atomic E-state index is 0.333. The Kier molecular flexibility index (Phi) is 3.17. The van der Waals surface area contributed by atoms with E-state index in [4.69, 9.17) is 22.1 Å². The van der Waals surface area contributed by atoms with Crippen molar-refractivity contribution in [3.8, 4) is 5.88 Å². The van der Waals surface area contributed by atoms with Crippen LogP contribution < -0.4 is 10.5 Å². The summed E-state index contributed by atoms with van der Waals surface area (Å²) in [7, 11) is 0. The molecule has 1 aromatic heterocycles. The minimum Gasteiger partial charge on any atom is -0.477 e. The van der Waals surface area contributed by atoms with Crippen molar-refractivity contribution in [2.75, 3.05) is 12.3 Å². The number of nitrogens with zero attached hydrogens (tertiary/aromatic N) is 1. The number of hydrogen-bond acceptors (Lipinski definition) is 3. The van der Waals surface area contributed by atoms with Crippen molar-refractivity contribution >= 4 is 33.2 Å². The molecule has 0 aliphatic heterocycles. The summed E-state index contributed by atoms with van der Waals surface area (Å²) in [4.78, 5) is 3.94. The molecule has 3 nitrogen and oxygen atoms in total. The predicted octanol–water partition coefficient (Wildman–Crippen LogP) is 2.48. The summed E-state index contributed by atoms with van der Waals surface area (Å²) >= 11 is 8.91. The molecule has 0 aromatic carbocycles. The van der Waals surface area contributed by atoms with Gasteiger partial charge in [0.25, 0.3) is 0 Å². The van der Waals surface area contributed by atoms with Crippen LogP contribution in [0.15, 0.2) is 10.5 Å². The highest BCUT2D eigenvalue weighted by Gasteiger charge is 2.07. The van der Waals surface area contributed by atoms with Crippen LogP contribution in [0.4, 0.5) is 5.69 Å². The molecule has 66 valence electrons. The third-order valence-electron chi connectivity index (χ3n) is 1.21. The summed E-state index contributed by atoms with van der Waals surface area (Å²) in [6.07, 6.45) is 0. The fourth-order valence-electron chi connectivity index (χ4n) is 0.726. The van der Waals surface area contributed by atoms with Gasteiger partial charge < -0.3 is 10.5 Å². The van der Waals surface area contributed by atoms with E-state index in [0.717, 1.165) is 0 Å². The van der Waals surface area contributed by atoms with Crippen molar-refractivity contribution in [2.24, 2.45) is 0 Å². The zero-order valence-corrected chi connectivity index (χ0v) is 8.82. The third kappa shape index (κ3) is 2.01. The highest BCUT2D eigenvalue weighted by molar-refractivity contribution is 9.10. The number of aromatic nitrogens is 1. The van der Waals surface area contributed by atoms with Crippen molar-refractivity contribution in [1.29, 1.82) is 0 Å². The molecule has 0 spiro atoms. The molecule has 1 rings (SSSR count). The average Bonchev–Trinajstić information content (AvgIpc) is 2.00. The Morgan fingerprint density at radius 2 is 2.42 bits per heavy atom. The lowest BCUT2D eigenvalue weighted by molar-refractivity contribution is 0.325. The van der Waals surface area contributed by atoms with Crippen LogP contribution in [0.5, 0.6) is 5.88 Å². The molecule has 0 atom stereocenters. The minimum atomic E-state index is 0.333. The van der Waals surface area contributed by atoms with Crippen LogP contribution in [0, 0.1) is 0 Å². The molecule has 12 heavy (non-hydrogen) atoms. The SMILES string of the molecule is CCOc1nc(Cl)cc(N)c1Br. The lowest BCUT2D eigenvalue weighted by Gasteiger charge is -2.06. The molecule has 0 aliphatic rings. The quantitative estimate of drug-likeness (QED) is 0.822. The van der Waals surface area contributed by atoms with E-state index in [1.54, 1.807) is 6.07 Å². The van der Waals surface area contributed by atoms with Gasteiger partial charge in [-0.05, 0) is 28.9 Å². The van der Waals surface area contributed by atoms with E-state index >= 15 is 0 Å². The molecule has 0 radical (unpaired) electrons. The van der Waals surface area contributed by atoms with Crippen molar-refractivity contribution in [2.45, 2.75) is 6.92 Å². The van der Waals surface area contributed by atoms with Gasteiger partial charge in [0, 0.05) is 0 Å². The van der Waals surface area contributed by atoms with Gasteiger partial charge in [0.15, 0.2) is 0 Å². The molecular weight excluding hydrogens is 243 g/mol. The molecule has 0 saturated carbocycles.